The molecule has 2 aromatic carbocycles. The summed E-state index contributed by atoms with van der Waals surface area (Å²) in [7, 11) is 0. The van der Waals surface area contributed by atoms with Crippen LogP contribution in [0.2, 0.25) is 0 Å². The highest BCUT2D eigenvalue weighted by Crippen LogP contribution is 2.18. The summed E-state index contributed by atoms with van der Waals surface area (Å²) in [5.74, 6) is -2.18. The molecule has 0 heterocycles. The second-order valence-electron chi connectivity index (χ2n) is 5.95. The smallest absolute Gasteiger partial charge is 0.313 e. The van der Waals surface area contributed by atoms with Crippen LogP contribution < -0.4 is 10.6 Å². The Morgan fingerprint density at radius 2 is 1.80 bits per heavy atom. The topological polar surface area (TPSA) is 78.4 Å². The Kier molecular flexibility index (Phi) is 6.25. The van der Waals surface area contributed by atoms with Gasteiger partial charge in [0.05, 0.1) is 6.10 Å². The van der Waals surface area contributed by atoms with Crippen molar-refractivity contribution in [3.63, 3.8) is 0 Å². The number of carbonyl (C=O) groups is 2. The maximum atomic E-state index is 13.5. The third kappa shape index (κ3) is 5.39. The number of aliphatic hydroxyl groups excluding tert-OH is 1. The Labute approximate surface area is 145 Å². The van der Waals surface area contributed by atoms with E-state index in [-0.39, 0.29) is 12.1 Å². The molecule has 0 aliphatic heterocycles. The predicted octanol–water partition coefficient (Wildman–Crippen LogP) is 2.70. The Morgan fingerprint density at radius 3 is 2.44 bits per heavy atom. The fraction of sp³-hybridized carbons (Fsp3) is 0.263. The van der Waals surface area contributed by atoms with Crippen molar-refractivity contribution in [3.8, 4) is 0 Å². The third-order valence-electron chi connectivity index (χ3n) is 3.77. The minimum atomic E-state index is -0.885. The average Bonchev–Trinajstić information content (AvgIpc) is 2.58. The Hall–Kier alpha value is -2.73. The predicted molar refractivity (Wildman–Crippen MR) is 93.4 cm³/mol. The van der Waals surface area contributed by atoms with Crippen LogP contribution in [0.15, 0.2) is 48.5 Å². The minimum absolute atomic E-state index is 0.209. The van der Waals surface area contributed by atoms with Gasteiger partial charge in [0, 0.05) is 11.7 Å². The van der Waals surface area contributed by atoms with E-state index in [9.17, 15) is 19.1 Å². The first-order valence-electron chi connectivity index (χ1n) is 7.98. The highest BCUT2D eigenvalue weighted by molar-refractivity contribution is 6.39. The molecule has 0 radical (unpaired) electrons. The van der Waals surface area contributed by atoms with E-state index in [1.807, 2.05) is 18.2 Å². The molecule has 2 aromatic rings. The van der Waals surface area contributed by atoms with Gasteiger partial charge in [-0.3, -0.25) is 9.59 Å². The van der Waals surface area contributed by atoms with Crippen molar-refractivity contribution in [2.75, 3.05) is 5.32 Å². The second kappa shape index (κ2) is 8.39. The molecular weight excluding hydrogens is 323 g/mol. The number of hydrogen-bond donors (Lipinski definition) is 3. The van der Waals surface area contributed by atoms with Gasteiger partial charge in [0.25, 0.3) is 0 Å². The summed E-state index contributed by atoms with van der Waals surface area (Å²) in [6, 6.07) is 12.8. The Bertz CT molecular complexity index is 750. The summed E-state index contributed by atoms with van der Waals surface area (Å²) in [5, 5.41) is 15.0. The molecule has 2 unspecified atom stereocenters. The number of halogens is 1. The van der Waals surface area contributed by atoms with Crippen molar-refractivity contribution < 1.29 is 19.1 Å². The summed E-state index contributed by atoms with van der Waals surface area (Å²) in [5.41, 5.74) is 1.40. The molecule has 0 spiro atoms. The van der Waals surface area contributed by atoms with E-state index in [1.165, 1.54) is 12.1 Å². The van der Waals surface area contributed by atoms with Gasteiger partial charge in [0.1, 0.15) is 5.82 Å². The largest absolute Gasteiger partial charge is 0.388 e. The zero-order valence-corrected chi connectivity index (χ0v) is 14.1. The average molecular weight is 344 g/mol. The molecule has 0 aliphatic rings. The maximum Gasteiger partial charge on any atom is 0.313 e. The van der Waals surface area contributed by atoms with Crippen LogP contribution in [0.3, 0.4) is 0 Å². The van der Waals surface area contributed by atoms with Crippen LogP contribution in [0.5, 0.6) is 0 Å². The molecule has 0 aromatic heterocycles. The zero-order chi connectivity index (χ0) is 18.4. The molecule has 2 rings (SSSR count). The summed E-state index contributed by atoms with van der Waals surface area (Å²) in [4.78, 5) is 23.8. The molecule has 132 valence electrons. The van der Waals surface area contributed by atoms with Crippen LogP contribution in [-0.2, 0) is 9.59 Å². The van der Waals surface area contributed by atoms with Gasteiger partial charge < -0.3 is 15.7 Å². The number of aliphatic hydroxyl groups is 1. The monoisotopic (exact) mass is 344 g/mol. The van der Waals surface area contributed by atoms with Gasteiger partial charge in [0.2, 0.25) is 0 Å². The van der Waals surface area contributed by atoms with Crippen molar-refractivity contribution in [3.05, 3.63) is 65.5 Å². The molecule has 3 N–H and O–H groups in total. The summed E-state index contributed by atoms with van der Waals surface area (Å²) >= 11 is 0. The van der Waals surface area contributed by atoms with Crippen molar-refractivity contribution in [1.29, 1.82) is 0 Å². The van der Waals surface area contributed by atoms with Crippen molar-refractivity contribution in [2.24, 2.45) is 0 Å². The first kappa shape index (κ1) is 18.6. The van der Waals surface area contributed by atoms with Crippen LogP contribution in [0.4, 0.5) is 10.1 Å². The van der Waals surface area contributed by atoms with Gasteiger partial charge >= 0.3 is 11.8 Å². The lowest BCUT2D eigenvalue weighted by Gasteiger charge is -2.18. The number of aryl methyl sites for hydroxylation is 1. The van der Waals surface area contributed by atoms with Gasteiger partial charge in [-0.1, -0.05) is 36.4 Å². The second-order valence-corrected chi connectivity index (χ2v) is 5.95. The fourth-order valence-corrected chi connectivity index (χ4v) is 2.35. The van der Waals surface area contributed by atoms with Crippen molar-refractivity contribution in [2.45, 2.75) is 32.4 Å². The quantitative estimate of drug-likeness (QED) is 0.730. The lowest BCUT2D eigenvalue weighted by atomic mass is 10.0. The summed E-state index contributed by atoms with van der Waals surface area (Å²) in [6.45, 7) is 3.30. The molecule has 6 heteroatoms. The van der Waals surface area contributed by atoms with Crippen LogP contribution in [0.1, 0.15) is 30.6 Å². The number of amides is 2. The SMILES string of the molecule is Cc1ccc(NC(=O)C(=O)NC(C)CC(O)c2ccccc2)cc1F. The Morgan fingerprint density at radius 1 is 1.12 bits per heavy atom. The lowest BCUT2D eigenvalue weighted by Crippen LogP contribution is -2.41. The standard InChI is InChI=1S/C19H21FN2O3/c1-12-8-9-15(11-16(12)20)22-19(25)18(24)21-13(2)10-17(23)14-6-4-3-5-7-14/h3-9,11,13,17,23H,10H2,1-2H3,(H,21,24)(H,22,25). The first-order chi connectivity index (χ1) is 11.9. The van der Waals surface area contributed by atoms with Gasteiger partial charge in [-0.05, 0) is 43.5 Å². The van der Waals surface area contributed by atoms with Gasteiger partial charge in [-0.2, -0.15) is 0 Å². The highest BCUT2D eigenvalue weighted by atomic mass is 19.1. The van der Waals surface area contributed by atoms with E-state index in [4.69, 9.17) is 0 Å². The molecular formula is C19H21FN2O3. The zero-order valence-electron chi connectivity index (χ0n) is 14.1. The molecule has 2 amide bonds. The minimum Gasteiger partial charge on any atom is -0.388 e. The van der Waals surface area contributed by atoms with Crippen LogP contribution in [-0.4, -0.2) is 23.0 Å². The Balaban J connectivity index is 1.87. The number of rotatable bonds is 5. The molecule has 0 bridgehead atoms. The first-order valence-corrected chi connectivity index (χ1v) is 7.98. The van der Waals surface area contributed by atoms with Crippen molar-refractivity contribution in [1.82, 2.24) is 5.32 Å². The number of anilines is 1. The van der Waals surface area contributed by atoms with E-state index < -0.39 is 29.8 Å². The highest BCUT2D eigenvalue weighted by Gasteiger charge is 2.19. The van der Waals surface area contributed by atoms with E-state index in [0.29, 0.717) is 5.56 Å². The summed E-state index contributed by atoms with van der Waals surface area (Å²) < 4.78 is 13.5. The normalized spacial score (nSPS) is 13.0. The van der Waals surface area contributed by atoms with Gasteiger partial charge in [-0.25, -0.2) is 4.39 Å². The fourth-order valence-electron chi connectivity index (χ4n) is 2.35. The van der Waals surface area contributed by atoms with Crippen molar-refractivity contribution >= 4 is 17.5 Å². The molecule has 0 saturated heterocycles. The van der Waals surface area contributed by atoms with Crippen LogP contribution >= 0.6 is 0 Å². The number of nitrogens with one attached hydrogen (secondary N) is 2. The lowest BCUT2D eigenvalue weighted by molar-refractivity contribution is -0.136. The molecule has 0 saturated carbocycles. The van der Waals surface area contributed by atoms with Gasteiger partial charge in [-0.15, -0.1) is 0 Å². The number of hydrogen-bond acceptors (Lipinski definition) is 3. The molecule has 0 fully saturated rings. The molecule has 5 nitrogen and oxygen atoms in total. The van der Waals surface area contributed by atoms with E-state index in [2.05, 4.69) is 10.6 Å². The van der Waals surface area contributed by atoms with Gasteiger partial charge in [0.15, 0.2) is 0 Å². The van der Waals surface area contributed by atoms with E-state index in [0.717, 1.165) is 11.6 Å². The molecule has 2 atom stereocenters. The summed E-state index contributed by atoms with van der Waals surface area (Å²) in [6.07, 6.45) is -0.479. The van der Waals surface area contributed by atoms with E-state index in [1.54, 1.807) is 26.0 Å². The molecule has 0 aliphatic carbocycles. The third-order valence-corrected chi connectivity index (χ3v) is 3.77. The van der Waals surface area contributed by atoms with E-state index >= 15 is 0 Å². The number of benzene rings is 2. The maximum absolute atomic E-state index is 13.5. The molecule has 25 heavy (non-hydrogen) atoms. The van der Waals surface area contributed by atoms with Crippen LogP contribution in [0.25, 0.3) is 0 Å². The number of carbonyl (C=O) groups excluding carboxylic acids is 2. The van der Waals surface area contributed by atoms with Crippen LogP contribution in [0, 0.1) is 12.7 Å².